The highest BCUT2D eigenvalue weighted by Gasteiger charge is 1.99. The van der Waals surface area contributed by atoms with Crippen LogP contribution in [0.2, 0.25) is 0 Å². The van der Waals surface area contributed by atoms with Crippen molar-refractivity contribution in [3.63, 3.8) is 0 Å². The first-order valence-electron chi connectivity index (χ1n) is 5.82. The highest BCUT2D eigenvalue weighted by atomic mass is 16.4. The normalized spacial score (nSPS) is 9.60. The van der Waals surface area contributed by atoms with Gasteiger partial charge in [-0.25, -0.2) is 4.79 Å². The molecule has 0 atom stereocenters. The van der Waals surface area contributed by atoms with Gasteiger partial charge in [-0.05, 0) is 35.9 Å². The van der Waals surface area contributed by atoms with Crippen molar-refractivity contribution < 1.29 is 19.8 Å². The van der Waals surface area contributed by atoms with Crippen molar-refractivity contribution in [1.82, 2.24) is 0 Å². The lowest BCUT2D eigenvalue weighted by Gasteiger charge is -1.92. The summed E-state index contributed by atoms with van der Waals surface area (Å²) in [6, 6.07) is 15.1. The molecule has 0 spiro atoms. The van der Waals surface area contributed by atoms with Crippen LogP contribution in [0.25, 0.3) is 6.08 Å². The van der Waals surface area contributed by atoms with E-state index >= 15 is 0 Å². The average molecular weight is 270 g/mol. The standard InChI is InChI=1S/C9H8O.C7H6O3/c10-8-4-7-9-5-2-1-3-6-9;8-6-3-1-5(2-4-6)7(9)10/h1-8H;1-4,8H,(H,9,10)/b7-4+;. The van der Waals surface area contributed by atoms with Crippen molar-refractivity contribution in [1.29, 1.82) is 0 Å². The Bertz CT molecular complexity index is 571. The molecule has 2 N–H and O–H groups in total. The minimum atomic E-state index is -0.986. The van der Waals surface area contributed by atoms with Gasteiger partial charge in [0.15, 0.2) is 0 Å². The Morgan fingerprint density at radius 1 is 0.950 bits per heavy atom. The third kappa shape index (κ3) is 5.64. The van der Waals surface area contributed by atoms with Crippen LogP contribution in [0.4, 0.5) is 0 Å². The number of aromatic hydroxyl groups is 1. The van der Waals surface area contributed by atoms with Crippen LogP contribution in [-0.2, 0) is 4.79 Å². The van der Waals surface area contributed by atoms with Gasteiger partial charge >= 0.3 is 5.97 Å². The van der Waals surface area contributed by atoms with E-state index in [0.29, 0.717) is 0 Å². The van der Waals surface area contributed by atoms with Crippen molar-refractivity contribution in [3.05, 3.63) is 71.8 Å². The second kappa shape index (κ2) is 8.26. The van der Waals surface area contributed by atoms with Crippen molar-refractivity contribution in [2.24, 2.45) is 0 Å². The number of benzene rings is 2. The van der Waals surface area contributed by atoms with Crippen LogP contribution in [-0.4, -0.2) is 22.5 Å². The lowest BCUT2D eigenvalue weighted by atomic mass is 10.2. The summed E-state index contributed by atoms with van der Waals surface area (Å²) in [5.41, 5.74) is 1.23. The molecule has 0 bridgehead atoms. The van der Waals surface area contributed by atoms with Gasteiger partial charge in [-0.3, -0.25) is 4.79 Å². The zero-order valence-corrected chi connectivity index (χ0v) is 10.6. The van der Waals surface area contributed by atoms with Gasteiger partial charge in [0.25, 0.3) is 0 Å². The van der Waals surface area contributed by atoms with Gasteiger partial charge in [0.2, 0.25) is 0 Å². The minimum absolute atomic E-state index is 0.0741. The number of hydrogen-bond donors (Lipinski definition) is 2. The molecule has 0 amide bonds. The Balaban J connectivity index is 0.000000200. The van der Waals surface area contributed by atoms with E-state index in [0.717, 1.165) is 11.8 Å². The molecular weight excluding hydrogens is 256 g/mol. The molecule has 0 fully saturated rings. The van der Waals surface area contributed by atoms with Gasteiger partial charge < -0.3 is 10.2 Å². The second-order valence-electron chi connectivity index (χ2n) is 3.76. The van der Waals surface area contributed by atoms with Gasteiger partial charge in [0.05, 0.1) is 5.56 Å². The fourth-order valence-corrected chi connectivity index (χ4v) is 1.32. The molecular formula is C16H14O4. The van der Waals surface area contributed by atoms with E-state index < -0.39 is 5.97 Å². The largest absolute Gasteiger partial charge is 0.508 e. The summed E-state index contributed by atoms with van der Waals surface area (Å²) in [7, 11) is 0. The maximum atomic E-state index is 10.2. The number of phenolic OH excluding ortho intramolecular Hbond substituents is 1. The summed E-state index contributed by atoms with van der Waals surface area (Å²) in [6.45, 7) is 0. The van der Waals surface area contributed by atoms with E-state index in [4.69, 9.17) is 10.2 Å². The molecule has 0 heterocycles. The highest BCUT2D eigenvalue weighted by Crippen LogP contribution is 2.08. The molecule has 0 aliphatic carbocycles. The monoisotopic (exact) mass is 270 g/mol. The first-order chi connectivity index (χ1) is 9.63. The molecule has 4 nitrogen and oxygen atoms in total. The Kier molecular flexibility index (Phi) is 6.27. The Morgan fingerprint density at radius 3 is 2.05 bits per heavy atom. The Labute approximate surface area is 116 Å². The SMILES string of the molecule is O=C(O)c1ccc(O)cc1.O=C/C=C/c1ccccc1. The van der Waals surface area contributed by atoms with Crippen LogP contribution in [0.3, 0.4) is 0 Å². The predicted octanol–water partition coefficient (Wildman–Crippen LogP) is 2.99. The molecule has 20 heavy (non-hydrogen) atoms. The van der Waals surface area contributed by atoms with Gasteiger partial charge in [-0.2, -0.15) is 0 Å². The number of aldehydes is 1. The summed E-state index contributed by atoms with van der Waals surface area (Å²) < 4.78 is 0. The first-order valence-corrected chi connectivity index (χ1v) is 5.82. The molecule has 0 unspecified atom stereocenters. The fourth-order valence-electron chi connectivity index (χ4n) is 1.32. The Hall–Kier alpha value is -2.88. The summed E-state index contributed by atoms with van der Waals surface area (Å²) in [5, 5.41) is 17.1. The van der Waals surface area contributed by atoms with Gasteiger partial charge in [0, 0.05) is 0 Å². The lowest BCUT2D eigenvalue weighted by molar-refractivity contribution is -0.104. The minimum Gasteiger partial charge on any atom is -0.508 e. The average Bonchev–Trinajstić information content (AvgIpc) is 2.47. The van der Waals surface area contributed by atoms with Crippen molar-refractivity contribution in [3.8, 4) is 5.75 Å². The molecule has 0 aromatic heterocycles. The number of phenols is 1. The maximum absolute atomic E-state index is 10.2. The number of rotatable bonds is 3. The number of allylic oxidation sites excluding steroid dienone is 1. The molecule has 4 heteroatoms. The van der Waals surface area contributed by atoms with Crippen molar-refractivity contribution in [2.75, 3.05) is 0 Å². The second-order valence-corrected chi connectivity index (χ2v) is 3.76. The summed E-state index contributed by atoms with van der Waals surface area (Å²) in [5.74, 6) is -0.912. The molecule has 2 rings (SSSR count). The number of carboxylic acids is 1. The van der Waals surface area contributed by atoms with E-state index in [9.17, 15) is 9.59 Å². The van der Waals surface area contributed by atoms with Crippen LogP contribution in [0, 0.1) is 0 Å². The van der Waals surface area contributed by atoms with Gasteiger partial charge in [0.1, 0.15) is 12.0 Å². The molecule has 0 aliphatic rings. The number of carboxylic acid groups (broad SMARTS) is 1. The number of hydrogen-bond acceptors (Lipinski definition) is 3. The maximum Gasteiger partial charge on any atom is 0.335 e. The molecule has 2 aromatic carbocycles. The highest BCUT2D eigenvalue weighted by molar-refractivity contribution is 5.87. The van der Waals surface area contributed by atoms with Crippen LogP contribution < -0.4 is 0 Å². The van der Waals surface area contributed by atoms with Crippen LogP contribution in [0.15, 0.2) is 60.7 Å². The van der Waals surface area contributed by atoms with E-state index in [2.05, 4.69) is 0 Å². The number of carbonyl (C=O) groups excluding carboxylic acids is 1. The zero-order chi connectivity index (χ0) is 14.8. The Morgan fingerprint density at radius 2 is 1.55 bits per heavy atom. The van der Waals surface area contributed by atoms with Crippen LogP contribution in [0.1, 0.15) is 15.9 Å². The summed E-state index contributed by atoms with van der Waals surface area (Å²) in [4.78, 5) is 20.1. The van der Waals surface area contributed by atoms with Gasteiger partial charge in [-0.1, -0.05) is 36.4 Å². The molecule has 0 saturated heterocycles. The van der Waals surface area contributed by atoms with Crippen LogP contribution >= 0.6 is 0 Å². The molecule has 102 valence electrons. The molecule has 0 aliphatic heterocycles. The molecule has 0 saturated carbocycles. The summed E-state index contributed by atoms with van der Waals surface area (Å²) >= 11 is 0. The van der Waals surface area contributed by atoms with E-state index in [-0.39, 0.29) is 11.3 Å². The third-order valence-electron chi connectivity index (χ3n) is 2.28. The van der Waals surface area contributed by atoms with Crippen LogP contribution in [0.5, 0.6) is 5.75 Å². The van der Waals surface area contributed by atoms with E-state index in [1.165, 1.54) is 30.3 Å². The molecule has 0 radical (unpaired) electrons. The smallest absolute Gasteiger partial charge is 0.335 e. The quantitative estimate of drug-likeness (QED) is 0.664. The molecule has 2 aromatic rings. The zero-order valence-electron chi connectivity index (χ0n) is 10.6. The van der Waals surface area contributed by atoms with Crippen molar-refractivity contribution in [2.45, 2.75) is 0 Å². The summed E-state index contributed by atoms with van der Waals surface area (Å²) in [6.07, 6.45) is 4.02. The lowest BCUT2D eigenvalue weighted by Crippen LogP contribution is -1.93. The number of aromatic carboxylic acids is 1. The third-order valence-corrected chi connectivity index (χ3v) is 2.28. The topological polar surface area (TPSA) is 74.6 Å². The van der Waals surface area contributed by atoms with Crippen molar-refractivity contribution >= 4 is 18.3 Å². The predicted molar refractivity (Wildman–Crippen MR) is 76.6 cm³/mol. The fraction of sp³-hybridized carbons (Fsp3) is 0. The van der Waals surface area contributed by atoms with E-state index in [1.807, 2.05) is 30.3 Å². The first kappa shape index (κ1) is 15.2. The van der Waals surface area contributed by atoms with Gasteiger partial charge in [-0.15, -0.1) is 0 Å². The number of carbonyl (C=O) groups is 2. The van der Waals surface area contributed by atoms with E-state index in [1.54, 1.807) is 6.08 Å².